The smallest absolute Gasteiger partial charge is 0.144 e. The van der Waals surface area contributed by atoms with Crippen LogP contribution in [0.2, 0.25) is 5.02 Å². The number of hydrogen-bond donors (Lipinski definition) is 1. The Morgan fingerprint density at radius 3 is 2.81 bits per heavy atom. The van der Waals surface area contributed by atoms with Crippen LogP contribution in [-0.2, 0) is 0 Å². The molecule has 0 radical (unpaired) electrons. The first-order valence-corrected chi connectivity index (χ1v) is 6.22. The minimum Gasteiger partial charge on any atom is -0.368 e. The largest absolute Gasteiger partial charge is 0.368 e. The molecule has 0 bridgehead atoms. The van der Waals surface area contributed by atoms with Gasteiger partial charge in [0.2, 0.25) is 0 Å². The number of hydrogen-bond acceptors (Lipinski definition) is 3. The van der Waals surface area contributed by atoms with Gasteiger partial charge in [0.25, 0.3) is 0 Å². The summed E-state index contributed by atoms with van der Waals surface area (Å²) in [6, 6.07) is 3.68. The van der Waals surface area contributed by atoms with Crippen LogP contribution in [0.15, 0.2) is 18.3 Å². The van der Waals surface area contributed by atoms with Crippen molar-refractivity contribution in [2.45, 2.75) is 20.3 Å². The van der Waals surface area contributed by atoms with Gasteiger partial charge in [-0.15, -0.1) is 0 Å². The molecule has 0 aromatic carbocycles. The standard InChI is InChI=1S/C12H20ClN3/c1-3-9-16(4-2)10-8-15-12-11(13)6-5-7-14-12/h5-7H,3-4,8-10H2,1-2H3,(H,14,15). The molecule has 1 rings (SSSR count). The third-order valence-electron chi connectivity index (χ3n) is 2.47. The van der Waals surface area contributed by atoms with Crippen molar-refractivity contribution in [2.24, 2.45) is 0 Å². The highest BCUT2D eigenvalue weighted by Gasteiger charge is 2.02. The highest BCUT2D eigenvalue weighted by Crippen LogP contribution is 2.16. The quantitative estimate of drug-likeness (QED) is 0.796. The van der Waals surface area contributed by atoms with Crippen molar-refractivity contribution in [1.29, 1.82) is 0 Å². The molecular formula is C12H20ClN3. The molecule has 16 heavy (non-hydrogen) atoms. The van der Waals surface area contributed by atoms with Gasteiger partial charge in [-0.2, -0.15) is 0 Å². The summed E-state index contributed by atoms with van der Waals surface area (Å²) in [5.74, 6) is 0.775. The summed E-state index contributed by atoms with van der Waals surface area (Å²) in [5.41, 5.74) is 0. The second kappa shape index (κ2) is 7.47. The maximum atomic E-state index is 6.00. The molecule has 0 spiro atoms. The number of nitrogens with zero attached hydrogens (tertiary/aromatic N) is 2. The van der Waals surface area contributed by atoms with E-state index in [0.29, 0.717) is 5.02 Å². The Labute approximate surface area is 103 Å². The molecule has 0 aliphatic rings. The zero-order valence-corrected chi connectivity index (χ0v) is 10.8. The number of nitrogens with one attached hydrogen (secondary N) is 1. The molecule has 1 heterocycles. The number of anilines is 1. The Balaban J connectivity index is 2.32. The molecule has 0 atom stereocenters. The van der Waals surface area contributed by atoms with Crippen LogP contribution in [0.5, 0.6) is 0 Å². The first kappa shape index (κ1) is 13.3. The maximum Gasteiger partial charge on any atom is 0.144 e. The SMILES string of the molecule is CCCN(CC)CCNc1ncccc1Cl. The minimum absolute atomic E-state index is 0.682. The normalized spacial score (nSPS) is 10.8. The van der Waals surface area contributed by atoms with Crippen molar-refractivity contribution in [3.05, 3.63) is 23.4 Å². The lowest BCUT2D eigenvalue weighted by Crippen LogP contribution is -2.29. The van der Waals surface area contributed by atoms with Crippen molar-refractivity contribution in [1.82, 2.24) is 9.88 Å². The van der Waals surface area contributed by atoms with Crippen molar-refractivity contribution >= 4 is 17.4 Å². The number of halogens is 1. The summed E-state index contributed by atoms with van der Waals surface area (Å²) in [4.78, 5) is 6.59. The van der Waals surface area contributed by atoms with Crippen LogP contribution in [0, 0.1) is 0 Å². The van der Waals surface area contributed by atoms with Crippen LogP contribution in [0.1, 0.15) is 20.3 Å². The molecule has 1 aromatic heterocycles. The van der Waals surface area contributed by atoms with E-state index in [9.17, 15) is 0 Å². The van der Waals surface area contributed by atoms with E-state index in [-0.39, 0.29) is 0 Å². The Kier molecular flexibility index (Phi) is 6.19. The molecule has 4 heteroatoms. The lowest BCUT2D eigenvalue weighted by Gasteiger charge is -2.19. The van der Waals surface area contributed by atoms with E-state index in [1.807, 2.05) is 12.1 Å². The molecular weight excluding hydrogens is 222 g/mol. The van der Waals surface area contributed by atoms with E-state index in [1.165, 1.54) is 6.42 Å². The molecule has 0 aliphatic carbocycles. The molecule has 1 N–H and O–H groups in total. The minimum atomic E-state index is 0.682. The third kappa shape index (κ3) is 4.37. The van der Waals surface area contributed by atoms with Crippen LogP contribution in [0.4, 0.5) is 5.82 Å². The fourth-order valence-electron chi connectivity index (χ4n) is 1.59. The zero-order chi connectivity index (χ0) is 11.8. The van der Waals surface area contributed by atoms with Crippen molar-refractivity contribution < 1.29 is 0 Å². The third-order valence-corrected chi connectivity index (χ3v) is 2.77. The van der Waals surface area contributed by atoms with Gasteiger partial charge in [-0.1, -0.05) is 25.4 Å². The Morgan fingerprint density at radius 2 is 2.19 bits per heavy atom. The molecule has 90 valence electrons. The van der Waals surface area contributed by atoms with Crippen molar-refractivity contribution in [3.63, 3.8) is 0 Å². The average Bonchev–Trinajstić information content (AvgIpc) is 2.30. The molecule has 0 saturated heterocycles. The summed E-state index contributed by atoms with van der Waals surface area (Å²) in [6.07, 6.45) is 2.94. The fourth-order valence-corrected chi connectivity index (χ4v) is 1.78. The summed E-state index contributed by atoms with van der Waals surface area (Å²) in [6.45, 7) is 8.52. The van der Waals surface area contributed by atoms with Crippen molar-refractivity contribution in [3.8, 4) is 0 Å². The highest BCUT2D eigenvalue weighted by atomic mass is 35.5. The molecule has 3 nitrogen and oxygen atoms in total. The maximum absolute atomic E-state index is 6.00. The number of aromatic nitrogens is 1. The number of rotatable bonds is 7. The highest BCUT2D eigenvalue weighted by molar-refractivity contribution is 6.32. The summed E-state index contributed by atoms with van der Waals surface area (Å²) < 4.78 is 0. The van der Waals surface area contributed by atoms with E-state index in [2.05, 4.69) is 29.0 Å². The second-order valence-corrected chi connectivity index (χ2v) is 4.10. The van der Waals surface area contributed by atoms with Gasteiger partial charge in [-0.25, -0.2) is 4.98 Å². The molecule has 0 saturated carbocycles. The summed E-state index contributed by atoms with van der Waals surface area (Å²) in [7, 11) is 0. The van der Waals surface area contributed by atoms with E-state index in [0.717, 1.165) is 32.0 Å². The molecule has 0 fully saturated rings. The van der Waals surface area contributed by atoms with Gasteiger partial charge in [-0.05, 0) is 31.6 Å². The topological polar surface area (TPSA) is 28.2 Å². The average molecular weight is 242 g/mol. The Morgan fingerprint density at radius 1 is 1.38 bits per heavy atom. The van der Waals surface area contributed by atoms with Gasteiger partial charge in [0, 0.05) is 19.3 Å². The zero-order valence-electron chi connectivity index (χ0n) is 10.0. The molecule has 0 aliphatic heterocycles. The van der Waals surface area contributed by atoms with E-state index < -0.39 is 0 Å². The van der Waals surface area contributed by atoms with Gasteiger partial charge in [-0.3, -0.25) is 0 Å². The predicted octanol–water partition coefficient (Wildman–Crippen LogP) is 2.88. The van der Waals surface area contributed by atoms with Crippen LogP contribution in [0.3, 0.4) is 0 Å². The first-order valence-electron chi connectivity index (χ1n) is 5.84. The number of pyridine rings is 1. The monoisotopic (exact) mass is 241 g/mol. The van der Waals surface area contributed by atoms with E-state index in [1.54, 1.807) is 6.20 Å². The molecule has 0 unspecified atom stereocenters. The second-order valence-electron chi connectivity index (χ2n) is 3.69. The first-order chi connectivity index (χ1) is 7.77. The molecule has 0 amide bonds. The van der Waals surface area contributed by atoms with Crippen LogP contribution in [0.25, 0.3) is 0 Å². The lowest BCUT2D eigenvalue weighted by atomic mass is 10.4. The summed E-state index contributed by atoms with van der Waals surface area (Å²) in [5, 5.41) is 3.93. The van der Waals surface area contributed by atoms with E-state index in [4.69, 9.17) is 11.6 Å². The van der Waals surface area contributed by atoms with Crippen LogP contribution < -0.4 is 5.32 Å². The Hall–Kier alpha value is -0.800. The van der Waals surface area contributed by atoms with Crippen LogP contribution in [-0.4, -0.2) is 36.1 Å². The molecule has 1 aromatic rings. The Bertz CT molecular complexity index is 304. The summed E-state index contributed by atoms with van der Waals surface area (Å²) >= 11 is 6.00. The number of likely N-dealkylation sites (N-methyl/N-ethyl adjacent to an activating group) is 1. The van der Waals surface area contributed by atoms with Crippen molar-refractivity contribution in [2.75, 3.05) is 31.5 Å². The van der Waals surface area contributed by atoms with Gasteiger partial charge >= 0.3 is 0 Å². The van der Waals surface area contributed by atoms with Gasteiger partial charge in [0.1, 0.15) is 5.82 Å². The van der Waals surface area contributed by atoms with Gasteiger partial charge < -0.3 is 10.2 Å². The van der Waals surface area contributed by atoms with Gasteiger partial charge in [0.05, 0.1) is 5.02 Å². The van der Waals surface area contributed by atoms with Gasteiger partial charge in [0.15, 0.2) is 0 Å². The lowest BCUT2D eigenvalue weighted by molar-refractivity contribution is 0.300. The van der Waals surface area contributed by atoms with Crippen LogP contribution >= 0.6 is 11.6 Å². The fraction of sp³-hybridized carbons (Fsp3) is 0.583. The predicted molar refractivity (Wildman–Crippen MR) is 70.1 cm³/mol. The van der Waals surface area contributed by atoms with E-state index >= 15 is 0 Å².